The number of rotatable bonds is 4. The van der Waals surface area contributed by atoms with Gasteiger partial charge in [-0.3, -0.25) is 9.59 Å². The fourth-order valence-corrected chi connectivity index (χ4v) is 2.16. The first-order valence-corrected chi connectivity index (χ1v) is 6.98. The van der Waals surface area contributed by atoms with Crippen molar-refractivity contribution in [1.29, 1.82) is 0 Å². The first-order valence-electron chi connectivity index (χ1n) is 6.23. The van der Waals surface area contributed by atoms with Crippen LogP contribution in [-0.2, 0) is 0 Å². The SMILES string of the molecule is NC(=O)c1ccc(NC(=O)c2cc(Cl)c(Cl)cc2C(=O)O)cc1. The summed E-state index contributed by atoms with van der Waals surface area (Å²) in [5.74, 6) is -2.58. The van der Waals surface area contributed by atoms with E-state index in [9.17, 15) is 14.4 Å². The Bertz CT molecular complexity index is 804. The topological polar surface area (TPSA) is 109 Å². The summed E-state index contributed by atoms with van der Waals surface area (Å²) in [5.41, 5.74) is 5.36. The molecule has 2 aromatic rings. The molecule has 0 aromatic heterocycles. The largest absolute Gasteiger partial charge is 0.478 e. The lowest BCUT2D eigenvalue weighted by molar-refractivity contribution is 0.0692. The van der Waals surface area contributed by atoms with E-state index in [0.29, 0.717) is 5.69 Å². The lowest BCUT2D eigenvalue weighted by atomic mass is 10.1. The number of carboxylic acids is 1. The van der Waals surface area contributed by atoms with E-state index in [1.54, 1.807) is 0 Å². The van der Waals surface area contributed by atoms with Gasteiger partial charge in [0, 0.05) is 11.3 Å². The van der Waals surface area contributed by atoms with Gasteiger partial charge in [-0.05, 0) is 36.4 Å². The zero-order valence-electron chi connectivity index (χ0n) is 11.5. The van der Waals surface area contributed by atoms with E-state index in [0.717, 1.165) is 6.07 Å². The fraction of sp³-hybridized carbons (Fsp3) is 0. The predicted octanol–water partition coefficient (Wildman–Crippen LogP) is 3.04. The Hall–Kier alpha value is -2.57. The zero-order chi connectivity index (χ0) is 17.1. The van der Waals surface area contributed by atoms with Gasteiger partial charge in [0.25, 0.3) is 5.91 Å². The van der Waals surface area contributed by atoms with Crippen LogP contribution in [0.2, 0.25) is 10.0 Å². The van der Waals surface area contributed by atoms with E-state index < -0.39 is 17.8 Å². The maximum atomic E-state index is 12.3. The van der Waals surface area contributed by atoms with Gasteiger partial charge in [0.15, 0.2) is 0 Å². The summed E-state index contributed by atoms with van der Waals surface area (Å²) in [5, 5.41) is 11.8. The monoisotopic (exact) mass is 352 g/mol. The van der Waals surface area contributed by atoms with Gasteiger partial charge in [-0.2, -0.15) is 0 Å². The highest BCUT2D eigenvalue weighted by Gasteiger charge is 2.19. The second kappa shape index (κ2) is 6.68. The van der Waals surface area contributed by atoms with Crippen molar-refractivity contribution in [1.82, 2.24) is 0 Å². The number of benzene rings is 2. The van der Waals surface area contributed by atoms with Gasteiger partial charge in [0.1, 0.15) is 0 Å². The maximum Gasteiger partial charge on any atom is 0.336 e. The van der Waals surface area contributed by atoms with Crippen molar-refractivity contribution in [2.45, 2.75) is 0 Å². The van der Waals surface area contributed by atoms with E-state index in [-0.39, 0.29) is 26.7 Å². The molecule has 0 bridgehead atoms. The molecule has 0 fully saturated rings. The Morgan fingerprint density at radius 3 is 1.96 bits per heavy atom. The van der Waals surface area contributed by atoms with Crippen LogP contribution in [0.4, 0.5) is 5.69 Å². The molecule has 2 aromatic carbocycles. The molecule has 118 valence electrons. The van der Waals surface area contributed by atoms with Crippen molar-refractivity contribution in [3.8, 4) is 0 Å². The smallest absolute Gasteiger partial charge is 0.336 e. The Balaban J connectivity index is 2.32. The normalized spacial score (nSPS) is 10.2. The third-order valence-electron chi connectivity index (χ3n) is 2.96. The van der Waals surface area contributed by atoms with Crippen LogP contribution in [0.1, 0.15) is 31.1 Å². The highest BCUT2D eigenvalue weighted by molar-refractivity contribution is 6.42. The standard InChI is InChI=1S/C15H10Cl2N2O4/c16-11-5-9(10(15(22)23)6-12(11)17)14(21)19-8-3-1-7(2-4-8)13(18)20/h1-6H,(H2,18,20)(H,19,21)(H,22,23). The second-order valence-electron chi connectivity index (χ2n) is 4.51. The molecule has 0 spiro atoms. The van der Waals surface area contributed by atoms with Crippen LogP contribution in [0, 0.1) is 0 Å². The molecule has 0 unspecified atom stereocenters. The van der Waals surface area contributed by atoms with Crippen LogP contribution < -0.4 is 11.1 Å². The summed E-state index contributed by atoms with van der Waals surface area (Å²) in [4.78, 5) is 34.5. The average molecular weight is 353 g/mol. The van der Waals surface area contributed by atoms with Gasteiger partial charge in [-0.15, -0.1) is 0 Å². The predicted molar refractivity (Wildman–Crippen MR) is 86.3 cm³/mol. The van der Waals surface area contributed by atoms with Crippen molar-refractivity contribution in [2.75, 3.05) is 5.32 Å². The molecule has 6 nitrogen and oxygen atoms in total. The molecular weight excluding hydrogens is 343 g/mol. The number of hydrogen-bond acceptors (Lipinski definition) is 3. The molecule has 0 aliphatic carbocycles. The summed E-state index contributed by atoms with van der Waals surface area (Å²) in [7, 11) is 0. The number of primary amides is 1. The Kier molecular flexibility index (Phi) is 4.88. The molecule has 2 amide bonds. The third kappa shape index (κ3) is 3.80. The van der Waals surface area contributed by atoms with Crippen molar-refractivity contribution in [3.63, 3.8) is 0 Å². The van der Waals surface area contributed by atoms with E-state index >= 15 is 0 Å². The third-order valence-corrected chi connectivity index (χ3v) is 3.68. The van der Waals surface area contributed by atoms with Gasteiger partial charge in [0.05, 0.1) is 21.2 Å². The first kappa shape index (κ1) is 16.8. The van der Waals surface area contributed by atoms with Crippen molar-refractivity contribution < 1.29 is 19.5 Å². The number of carbonyl (C=O) groups is 3. The maximum absolute atomic E-state index is 12.3. The molecule has 0 heterocycles. The number of carbonyl (C=O) groups excluding carboxylic acids is 2. The van der Waals surface area contributed by atoms with Gasteiger partial charge >= 0.3 is 5.97 Å². The van der Waals surface area contributed by atoms with Crippen LogP contribution in [-0.4, -0.2) is 22.9 Å². The first-order chi connectivity index (χ1) is 10.8. The van der Waals surface area contributed by atoms with Gasteiger partial charge in [-0.1, -0.05) is 23.2 Å². The molecule has 0 aliphatic heterocycles. The van der Waals surface area contributed by atoms with Crippen molar-refractivity contribution in [3.05, 3.63) is 63.1 Å². The van der Waals surface area contributed by atoms with E-state index in [2.05, 4.69) is 5.32 Å². The number of hydrogen-bond donors (Lipinski definition) is 3. The van der Waals surface area contributed by atoms with E-state index in [1.807, 2.05) is 0 Å². The number of nitrogens with two attached hydrogens (primary N) is 1. The van der Waals surface area contributed by atoms with Crippen LogP contribution in [0.15, 0.2) is 36.4 Å². The number of nitrogens with one attached hydrogen (secondary N) is 1. The Morgan fingerprint density at radius 2 is 1.48 bits per heavy atom. The van der Waals surface area contributed by atoms with Gasteiger partial charge < -0.3 is 16.2 Å². The highest BCUT2D eigenvalue weighted by Crippen LogP contribution is 2.26. The van der Waals surface area contributed by atoms with Crippen molar-refractivity contribution in [2.24, 2.45) is 5.73 Å². The molecule has 8 heteroatoms. The number of anilines is 1. The molecule has 0 saturated carbocycles. The van der Waals surface area contributed by atoms with Gasteiger partial charge in [-0.25, -0.2) is 4.79 Å². The minimum atomic E-state index is -1.31. The average Bonchev–Trinajstić information content (AvgIpc) is 2.49. The number of aromatic carboxylic acids is 1. The number of carboxylic acid groups (broad SMARTS) is 1. The summed E-state index contributed by atoms with van der Waals surface area (Å²) in [6.07, 6.45) is 0. The summed E-state index contributed by atoms with van der Waals surface area (Å²) in [6, 6.07) is 8.10. The lowest BCUT2D eigenvalue weighted by Crippen LogP contribution is -2.17. The second-order valence-corrected chi connectivity index (χ2v) is 5.33. The fourth-order valence-electron chi connectivity index (χ4n) is 1.83. The minimum absolute atomic E-state index is 0.0337. The highest BCUT2D eigenvalue weighted by atomic mass is 35.5. The van der Waals surface area contributed by atoms with Crippen LogP contribution in [0.5, 0.6) is 0 Å². The van der Waals surface area contributed by atoms with Crippen LogP contribution in [0.3, 0.4) is 0 Å². The van der Waals surface area contributed by atoms with E-state index in [1.165, 1.54) is 30.3 Å². The Labute approximate surface area is 140 Å². The zero-order valence-corrected chi connectivity index (χ0v) is 13.0. The lowest BCUT2D eigenvalue weighted by Gasteiger charge is -2.09. The molecule has 4 N–H and O–H groups in total. The van der Waals surface area contributed by atoms with Gasteiger partial charge in [0.2, 0.25) is 5.91 Å². The number of amides is 2. The quantitative estimate of drug-likeness (QED) is 0.785. The summed E-state index contributed by atoms with van der Waals surface area (Å²) in [6.45, 7) is 0. The molecule has 0 aliphatic rings. The molecule has 23 heavy (non-hydrogen) atoms. The van der Waals surface area contributed by atoms with Crippen molar-refractivity contribution >= 4 is 46.7 Å². The molecule has 0 atom stereocenters. The molecule has 2 rings (SSSR count). The van der Waals surface area contributed by atoms with Crippen LogP contribution >= 0.6 is 23.2 Å². The molecule has 0 radical (unpaired) electrons. The Morgan fingerprint density at radius 1 is 0.957 bits per heavy atom. The van der Waals surface area contributed by atoms with E-state index in [4.69, 9.17) is 34.0 Å². The minimum Gasteiger partial charge on any atom is -0.478 e. The molecule has 0 saturated heterocycles. The summed E-state index contributed by atoms with van der Waals surface area (Å²) < 4.78 is 0. The summed E-state index contributed by atoms with van der Waals surface area (Å²) >= 11 is 11.6. The number of halogens is 2. The van der Waals surface area contributed by atoms with Crippen LogP contribution in [0.25, 0.3) is 0 Å². The molecular formula is C15H10Cl2N2O4.